The van der Waals surface area contributed by atoms with Crippen LogP contribution in [0.15, 0.2) is 41.7 Å². The zero-order valence-electron chi connectivity index (χ0n) is 16.2. The lowest BCUT2D eigenvalue weighted by Gasteiger charge is -2.12. The van der Waals surface area contributed by atoms with E-state index in [1.54, 1.807) is 9.13 Å². The van der Waals surface area contributed by atoms with Gasteiger partial charge in [-0.3, -0.25) is 9.13 Å². The predicted octanol–water partition coefficient (Wildman–Crippen LogP) is 4.61. The molecule has 4 heteroatoms. The van der Waals surface area contributed by atoms with Crippen LogP contribution in [0.1, 0.15) is 29.2 Å². The van der Waals surface area contributed by atoms with E-state index in [1.807, 2.05) is 39.0 Å². The van der Waals surface area contributed by atoms with Crippen molar-refractivity contribution in [1.29, 1.82) is 0 Å². The summed E-state index contributed by atoms with van der Waals surface area (Å²) >= 11 is 0. The molecule has 0 N–H and O–H groups in total. The number of para-hydroxylation sites is 1. The molecule has 136 valence electrons. The number of imidazole rings is 1. The topological polar surface area (TPSA) is 36.2 Å². The first kappa shape index (κ1) is 18.1. The van der Waals surface area contributed by atoms with Crippen LogP contribution in [0.4, 0.5) is 0 Å². The first-order valence-corrected chi connectivity index (χ1v) is 8.88. The molecule has 1 heterocycles. The van der Waals surface area contributed by atoms with Gasteiger partial charge in [-0.15, -0.1) is 0 Å². The Balaban J connectivity index is 1.98. The Morgan fingerprint density at radius 2 is 1.58 bits per heavy atom. The molecule has 3 rings (SSSR count). The summed E-state index contributed by atoms with van der Waals surface area (Å²) in [4.78, 5) is 12.9. The number of hydrogen-bond acceptors (Lipinski definition) is 2. The highest BCUT2D eigenvalue weighted by atomic mass is 16.5. The highest BCUT2D eigenvalue weighted by molar-refractivity contribution is 5.81. The molecule has 2 aromatic carbocycles. The van der Waals surface area contributed by atoms with E-state index in [9.17, 15) is 4.79 Å². The van der Waals surface area contributed by atoms with Gasteiger partial charge in [0, 0.05) is 5.70 Å². The number of allylic oxidation sites excluding steroid dienone is 1. The molecule has 0 aliphatic heterocycles. The summed E-state index contributed by atoms with van der Waals surface area (Å²) in [5.74, 6) is 0.899. The molecule has 0 saturated heterocycles. The molecule has 1 aromatic heterocycles. The van der Waals surface area contributed by atoms with E-state index < -0.39 is 0 Å². The van der Waals surface area contributed by atoms with Gasteiger partial charge in [-0.25, -0.2) is 4.79 Å². The number of ether oxygens (including phenoxy) is 1. The monoisotopic (exact) mass is 350 g/mol. The summed E-state index contributed by atoms with van der Waals surface area (Å²) in [6.07, 6.45) is 0. The summed E-state index contributed by atoms with van der Waals surface area (Å²) in [7, 11) is 0. The molecular weight excluding hydrogens is 324 g/mol. The first-order valence-electron chi connectivity index (χ1n) is 8.88. The van der Waals surface area contributed by atoms with Crippen LogP contribution in [0.5, 0.6) is 5.75 Å². The minimum atomic E-state index is -0.0670. The molecule has 3 aromatic rings. The number of aromatic nitrogens is 2. The molecule has 0 bridgehead atoms. The van der Waals surface area contributed by atoms with Crippen LogP contribution in [-0.4, -0.2) is 15.7 Å². The molecule has 0 atom stereocenters. The van der Waals surface area contributed by atoms with Gasteiger partial charge in [-0.2, -0.15) is 0 Å². The maximum atomic E-state index is 12.9. The molecular formula is C22H26N2O2. The normalized spacial score (nSPS) is 11.1. The minimum Gasteiger partial charge on any atom is -0.491 e. The Morgan fingerprint density at radius 1 is 1.00 bits per heavy atom. The van der Waals surface area contributed by atoms with Crippen LogP contribution in [-0.2, 0) is 6.54 Å². The third-order valence-electron chi connectivity index (χ3n) is 4.90. The summed E-state index contributed by atoms with van der Waals surface area (Å²) in [6.45, 7) is 15.0. The zero-order chi connectivity index (χ0) is 19.0. The lowest BCUT2D eigenvalue weighted by Crippen LogP contribution is -2.25. The van der Waals surface area contributed by atoms with Gasteiger partial charge in [0.05, 0.1) is 17.6 Å². The minimum absolute atomic E-state index is 0.0670. The van der Waals surface area contributed by atoms with Gasteiger partial charge in [0.15, 0.2) is 0 Å². The molecule has 0 aliphatic rings. The molecule has 4 nitrogen and oxygen atoms in total. The average Bonchev–Trinajstić information content (AvgIpc) is 2.82. The van der Waals surface area contributed by atoms with Crippen molar-refractivity contribution in [3.8, 4) is 5.75 Å². The third-order valence-corrected chi connectivity index (χ3v) is 4.90. The van der Waals surface area contributed by atoms with Crippen molar-refractivity contribution < 1.29 is 4.74 Å². The molecule has 0 amide bonds. The quantitative estimate of drug-likeness (QED) is 0.674. The van der Waals surface area contributed by atoms with Gasteiger partial charge < -0.3 is 4.74 Å². The highest BCUT2D eigenvalue weighted by Crippen LogP contribution is 2.23. The first-order chi connectivity index (χ1) is 12.3. The summed E-state index contributed by atoms with van der Waals surface area (Å²) < 4.78 is 9.47. The van der Waals surface area contributed by atoms with Crippen molar-refractivity contribution in [3.05, 3.63) is 69.6 Å². The molecule has 0 saturated carbocycles. The number of benzene rings is 2. The maximum absolute atomic E-state index is 12.9. The summed E-state index contributed by atoms with van der Waals surface area (Å²) in [6, 6.07) is 10.2. The molecule has 0 spiro atoms. The highest BCUT2D eigenvalue weighted by Gasteiger charge is 2.15. The van der Waals surface area contributed by atoms with Crippen molar-refractivity contribution >= 4 is 16.7 Å². The van der Waals surface area contributed by atoms with Gasteiger partial charge in [0.1, 0.15) is 12.4 Å². The smallest absolute Gasteiger partial charge is 0.333 e. The number of hydrogen-bond donors (Lipinski definition) is 0. The molecule has 0 aliphatic carbocycles. The predicted molar refractivity (Wildman–Crippen MR) is 108 cm³/mol. The lowest BCUT2D eigenvalue weighted by atomic mass is 10.1. The number of fused-ring (bicyclic) bond motifs is 1. The number of nitrogens with zero attached hydrogens (tertiary/aromatic N) is 2. The SMILES string of the molecule is C=C(C)n1c(=O)n(CCOc2c(C)cccc2C)c2cc(C)c(C)cc21. The largest absolute Gasteiger partial charge is 0.491 e. The standard InChI is InChI=1S/C22H26N2O2/c1-14(2)24-20-13-18(6)17(5)12-19(20)23(22(24)25)10-11-26-21-15(3)8-7-9-16(21)4/h7-9,12-13H,1,10-11H2,2-6H3. The van der Waals surface area contributed by atoms with E-state index in [-0.39, 0.29) is 5.69 Å². The average molecular weight is 350 g/mol. The summed E-state index contributed by atoms with van der Waals surface area (Å²) in [5.41, 5.74) is 7.02. The van der Waals surface area contributed by atoms with Crippen LogP contribution in [0.2, 0.25) is 0 Å². The maximum Gasteiger partial charge on any atom is 0.333 e. The van der Waals surface area contributed by atoms with Crippen LogP contribution in [0, 0.1) is 27.7 Å². The fraction of sp³-hybridized carbons (Fsp3) is 0.318. The van der Waals surface area contributed by atoms with Gasteiger partial charge in [-0.05, 0) is 69.0 Å². The van der Waals surface area contributed by atoms with Crippen molar-refractivity contribution in [2.75, 3.05) is 6.61 Å². The fourth-order valence-electron chi connectivity index (χ4n) is 3.36. The van der Waals surface area contributed by atoms with Crippen molar-refractivity contribution in [2.45, 2.75) is 41.2 Å². The second-order valence-corrected chi connectivity index (χ2v) is 7.00. The Hall–Kier alpha value is -2.75. The Labute approximate surface area is 154 Å². The van der Waals surface area contributed by atoms with Crippen molar-refractivity contribution in [1.82, 2.24) is 9.13 Å². The number of rotatable bonds is 5. The molecule has 0 unspecified atom stereocenters. The zero-order valence-corrected chi connectivity index (χ0v) is 16.2. The second kappa shape index (κ2) is 6.87. The summed E-state index contributed by atoms with van der Waals surface area (Å²) in [5, 5.41) is 0. The van der Waals surface area contributed by atoms with Crippen LogP contribution in [0.25, 0.3) is 16.7 Å². The van der Waals surface area contributed by atoms with E-state index in [2.05, 4.69) is 32.6 Å². The second-order valence-electron chi connectivity index (χ2n) is 7.00. The Morgan fingerprint density at radius 3 is 2.15 bits per heavy atom. The Bertz CT molecular complexity index is 1030. The van der Waals surface area contributed by atoms with E-state index >= 15 is 0 Å². The van der Waals surface area contributed by atoms with Gasteiger partial charge >= 0.3 is 5.69 Å². The van der Waals surface area contributed by atoms with Gasteiger partial charge in [0.25, 0.3) is 0 Å². The molecule has 0 fully saturated rings. The van der Waals surface area contributed by atoms with Crippen LogP contribution in [0.3, 0.4) is 0 Å². The number of aryl methyl sites for hydroxylation is 4. The molecule has 26 heavy (non-hydrogen) atoms. The Kier molecular flexibility index (Phi) is 4.77. The van der Waals surface area contributed by atoms with Gasteiger partial charge in [-0.1, -0.05) is 24.8 Å². The lowest BCUT2D eigenvalue weighted by molar-refractivity contribution is 0.294. The van der Waals surface area contributed by atoms with Crippen molar-refractivity contribution in [2.24, 2.45) is 0 Å². The van der Waals surface area contributed by atoms with E-state index in [0.29, 0.717) is 13.2 Å². The fourth-order valence-corrected chi connectivity index (χ4v) is 3.36. The third kappa shape index (κ3) is 3.07. The van der Waals surface area contributed by atoms with Crippen LogP contribution >= 0.6 is 0 Å². The van der Waals surface area contributed by atoms with Gasteiger partial charge in [0.2, 0.25) is 0 Å². The molecule has 0 radical (unpaired) electrons. The van der Waals surface area contributed by atoms with E-state index in [0.717, 1.165) is 39.2 Å². The van der Waals surface area contributed by atoms with E-state index in [4.69, 9.17) is 4.74 Å². The van der Waals surface area contributed by atoms with Crippen LogP contribution < -0.4 is 10.4 Å². The van der Waals surface area contributed by atoms with Crippen molar-refractivity contribution in [3.63, 3.8) is 0 Å². The van der Waals surface area contributed by atoms with E-state index in [1.165, 1.54) is 5.56 Å².